The number of rotatable bonds is 7. The number of ether oxygens (including phenoxy) is 1. The van der Waals surface area contributed by atoms with Gasteiger partial charge in [-0.3, -0.25) is 10.1 Å². The molecule has 0 spiro atoms. The number of alkyl carbamates (subject to hydrolysis) is 1. The van der Waals surface area contributed by atoms with Crippen LogP contribution in [-0.4, -0.2) is 25.2 Å². The molecule has 134 valence electrons. The number of carbonyl (C=O) groups excluding carboxylic acids is 2. The van der Waals surface area contributed by atoms with Gasteiger partial charge >= 0.3 is 6.09 Å². The highest BCUT2D eigenvalue weighted by molar-refractivity contribution is 5.93. The van der Waals surface area contributed by atoms with Crippen LogP contribution in [0.15, 0.2) is 24.3 Å². The minimum Gasteiger partial charge on any atom is -0.453 e. The van der Waals surface area contributed by atoms with E-state index in [4.69, 9.17) is 0 Å². The Morgan fingerprint density at radius 2 is 1.62 bits per heavy atom. The van der Waals surface area contributed by atoms with Gasteiger partial charge in [-0.25, -0.2) is 4.79 Å². The maximum Gasteiger partial charge on any atom is 0.413 e. The molecule has 1 rings (SSSR count). The first-order valence-electron chi connectivity index (χ1n) is 8.63. The second-order valence-electron chi connectivity index (χ2n) is 6.71. The molecule has 0 radical (unpaired) electrons. The highest BCUT2D eigenvalue weighted by Crippen LogP contribution is 2.23. The topological polar surface area (TPSA) is 72.0 Å². The van der Waals surface area contributed by atoms with E-state index in [9.17, 15) is 9.59 Å². The van der Waals surface area contributed by atoms with E-state index in [-0.39, 0.29) is 18.0 Å². The number of hydrogen-bond acceptors (Lipinski definition) is 3. The average Bonchev–Trinajstić information content (AvgIpc) is 2.58. The standard InChI is InChI=1S/C19H30N2O3/c1-7-13(4)15-8-10-16(11-9-15)17(12(2)3)20-14(5)18(22)21-19(23)24-6/h8-14,17,20H,7H2,1-6H3,(H,21,22,23)/p+1/t13-,14-,17-/m0/s1. The third-order valence-corrected chi connectivity index (χ3v) is 4.54. The zero-order chi connectivity index (χ0) is 18.3. The molecule has 0 aromatic heterocycles. The quantitative estimate of drug-likeness (QED) is 0.805. The molecule has 0 bridgehead atoms. The summed E-state index contributed by atoms with van der Waals surface area (Å²) in [7, 11) is 1.24. The van der Waals surface area contributed by atoms with Gasteiger partial charge in [0.25, 0.3) is 5.91 Å². The summed E-state index contributed by atoms with van der Waals surface area (Å²) in [6.45, 7) is 10.5. The zero-order valence-electron chi connectivity index (χ0n) is 15.6. The molecule has 3 atom stereocenters. The van der Waals surface area contributed by atoms with Crippen molar-refractivity contribution < 1.29 is 19.6 Å². The van der Waals surface area contributed by atoms with Crippen LogP contribution in [0.3, 0.4) is 0 Å². The molecule has 5 heteroatoms. The largest absolute Gasteiger partial charge is 0.453 e. The van der Waals surface area contributed by atoms with Crippen LogP contribution < -0.4 is 10.6 Å². The lowest BCUT2D eigenvalue weighted by Gasteiger charge is -2.23. The molecule has 1 aromatic rings. The van der Waals surface area contributed by atoms with Crippen molar-refractivity contribution in [3.05, 3.63) is 35.4 Å². The number of carbonyl (C=O) groups is 2. The third kappa shape index (κ3) is 5.64. The van der Waals surface area contributed by atoms with Gasteiger partial charge in [-0.2, -0.15) is 0 Å². The Hall–Kier alpha value is -1.88. The number of hydrogen-bond donors (Lipinski definition) is 2. The molecule has 0 unspecified atom stereocenters. The highest BCUT2D eigenvalue weighted by Gasteiger charge is 2.27. The molecule has 0 heterocycles. The number of nitrogens with two attached hydrogens (primary N) is 1. The van der Waals surface area contributed by atoms with Gasteiger partial charge in [-0.1, -0.05) is 52.0 Å². The number of imide groups is 1. The van der Waals surface area contributed by atoms with Gasteiger partial charge in [0.1, 0.15) is 6.04 Å². The molecule has 0 saturated heterocycles. The minimum absolute atomic E-state index is 0.148. The number of quaternary nitrogens is 1. The van der Waals surface area contributed by atoms with E-state index in [1.807, 2.05) is 5.32 Å². The molecule has 2 amide bonds. The van der Waals surface area contributed by atoms with Crippen LogP contribution in [0.25, 0.3) is 0 Å². The normalized spacial score (nSPS) is 14.8. The predicted octanol–water partition coefficient (Wildman–Crippen LogP) is 2.73. The Bertz CT molecular complexity index is 540. The number of benzene rings is 1. The van der Waals surface area contributed by atoms with Crippen LogP contribution in [-0.2, 0) is 9.53 Å². The average molecular weight is 335 g/mol. The van der Waals surface area contributed by atoms with E-state index in [2.05, 4.69) is 62.0 Å². The molecule has 0 fully saturated rings. The van der Waals surface area contributed by atoms with Crippen LogP contribution >= 0.6 is 0 Å². The highest BCUT2D eigenvalue weighted by atomic mass is 16.5. The van der Waals surface area contributed by atoms with Crippen molar-refractivity contribution in [1.29, 1.82) is 0 Å². The van der Waals surface area contributed by atoms with Gasteiger partial charge in [-0.15, -0.1) is 0 Å². The Morgan fingerprint density at radius 1 is 1.08 bits per heavy atom. The van der Waals surface area contributed by atoms with E-state index < -0.39 is 6.09 Å². The zero-order valence-corrected chi connectivity index (χ0v) is 15.6. The summed E-state index contributed by atoms with van der Waals surface area (Å²) in [5.74, 6) is 0.557. The lowest BCUT2D eigenvalue weighted by molar-refractivity contribution is -0.719. The van der Waals surface area contributed by atoms with Crippen LogP contribution in [0.5, 0.6) is 0 Å². The van der Waals surface area contributed by atoms with Crippen LogP contribution in [0.1, 0.15) is 64.1 Å². The van der Waals surface area contributed by atoms with Crippen molar-refractivity contribution in [3.63, 3.8) is 0 Å². The maximum atomic E-state index is 12.0. The summed E-state index contributed by atoms with van der Waals surface area (Å²) in [5.41, 5.74) is 2.52. The SMILES string of the molecule is CC[C@H](C)c1ccc([C@@H]([NH2+][C@@H](C)C(=O)NC(=O)OC)C(C)C)cc1. The molecule has 0 aliphatic carbocycles. The summed E-state index contributed by atoms with van der Waals surface area (Å²) < 4.78 is 4.47. The van der Waals surface area contributed by atoms with E-state index in [0.717, 1.165) is 6.42 Å². The van der Waals surface area contributed by atoms with Gasteiger partial charge in [0.15, 0.2) is 6.04 Å². The molecule has 0 aliphatic heterocycles. The van der Waals surface area contributed by atoms with Gasteiger partial charge < -0.3 is 10.1 Å². The summed E-state index contributed by atoms with van der Waals surface area (Å²) >= 11 is 0. The second kappa shape index (κ2) is 9.42. The van der Waals surface area contributed by atoms with E-state index in [1.54, 1.807) is 6.92 Å². The summed E-state index contributed by atoms with van der Waals surface area (Å²) in [6.07, 6.45) is 0.392. The van der Waals surface area contributed by atoms with Gasteiger partial charge in [0, 0.05) is 11.5 Å². The Balaban J connectivity index is 2.83. The summed E-state index contributed by atoms with van der Waals surface area (Å²) in [5, 5.41) is 4.23. The lowest BCUT2D eigenvalue weighted by atomic mass is 9.91. The van der Waals surface area contributed by atoms with E-state index in [1.165, 1.54) is 18.2 Å². The van der Waals surface area contributed by atoms with Crippen molar-refractivity contribution in [2.45, 2.75) is 59.0 Å². The van der Waals surface area contributed by atoms with Gasteiger partial charge in [-0.05, 0) is 24.8 Å². The van der Waals surface area contributed by atoms with E-state index >= 15 is 0 Å². The molecular weight excluding hydrogens is 304 g/mol. The van der Waals surface area contributed by atoms with E-state index in [0.29, 0.717) is 11.8 Å². The molecule has 1 aromatic carbocycles. The van der Waals surface area contributed by atoms with Crippen molar-refractivity contribution in [1.82, 2.24) is 5.32 Å². The van der Waals surface area contributed by atoms with Crippen molar-refractivity contribution in [3.8, 4) is 0 Å². The monoisotopic (exact) mass is 335 g/mol. The van der Waals surface area contributed by atoms with Crippen molar-refractivity contribution >= 4 is 12.0 Å². The smallest absolute Gasteiger partial charge is 0.413 e. The van der Waals surface area contributed by atoms with Crippen LogP contribution in [0.4, 0.5) is 4.79 Å². The third-order valence-electron chi connectivity index (χ3n) is 4.54. The Kier molecular flexibility index (Phi) is 7.92. The summed E-state index contributed by atoms with van der Waals surface area (Å²) in [6, 6.07) is 8.40. The van der Waals surface area contributed by atoms with Gasteiger partial charge in [0.2, 0.25) is 0 Å². The fraction of sp³-hybridized carbons (Fsp3) is 0.579. The molecule has 0 aliphatic rings. The van der Waals surface area contributed by atoms with Crippen molar-refractivity contribution in [2.24, 2.45) is 5.92 Å². The number of methoxy groups -OCH3 is 1. The maximum absolute atomic E-state index is 12.0. The molecule has 5 nitrogen and oxygen atoms in total. The molecular formula is C19H31N2O3+. The first-order valence-corrected chi connectivity index (χ1v) is 8.63. The Morgan fingerprint density at radius 3 is 2.08 bits per heavy atom. The first-order chi connectivity index (χ1) is 11.3. The fourth-order valence-corrected chi connectivity index (χ4v) is 2.66. The number of nitrogens with one attached hydrogen (secondary N) is 1. The van der Waals surface area contributed by atoms with Crippen molar-refractivity contribution in [2.75, 3.05) is 7.11 Å². The summed E-state index contributed by atoms with van der Waals surface area (Å²) in [4.78, 5) is 23.2. The molecule has 0 saturated carbocycles. The lowest BCUT2D eigenvalue weighted by Crippen LogP contribution is -2.93. The Labute approximate surface area is 145 Å². The fourth-order valence-electron chi connectivity index (χ4n) is 2.66. The van der Waals surface area contributed by atoms with Gasteiger partial charge in [0.05, 0.1) is 7.11 Å². The number of amides is 2. The minimum atomic E-state index is -0.723. The predicted molar refractivity (Wildman–Crippen MR) is 94.7 cm³/mol. The second-order valence-corrected chi connectivity index (χ2v) is 6.71. The first kappa shape index (κ1) is 20.2. The van der Waals surface area contributed by atoms with Crippen LogP contribution in [0.2, 0.25) is 0 Å². The molecule has 3 N–H and O–H groups in total. The van der Waals surface area contributed by atoms with Crippen LogP contribution in [0, 0.1) is 5.92 Å². The molecule has 24 heavy (non-hydrogen) atoms.